The lowest BCUT2D eigenvalue weighted by Gasteiger charge is -2.45. The first-order valence-corrected chi connectivity index (χ1v) is 8.55. The number of hydrogen-bond donors (Lipinski definition) is 0. The van der Waals surface area contributed by atoms with Crippen LogP contribution in [0.5, 0.6) is 0 Å². The van der Waals surface area contributed by atoms with Crippen molar-refractivity contribution in [3.63, 3.8) is 0 Å². The standard InChI is InChI=1S/C20H25NO2/c22-21(14-8-3-9-15-21)16-17-23-20(18-10-4-1-5-11-18)19-12-6-2-7-13-19/h1-2,4-7,10-13,20H,3,8-9,14-17H2. The number of hydrogen-bond acceptors (Lipinski definition) is 2. The summed E-state index contributed by atoms with van der Waals surface area (Å²) in [6.07, 6.45) is 3.18. The largest absolute Gasteiger partial charge is 0.633 e. The maximum atomic E-state index is 12.6. The summed E-state index contributed by atoms with van der Waals surface area (Å²) in [5.74, 6) is 0. The van der Waals surface area contributed by atoms with E-state index in [1.807, 2.05) is 36.4 Å². The molecule has 0 unspecified atom stereocenters. The first kappa shape index (κ1) is 16.2. The van der Waals surface area contributed by atoms with Crippen LogP contribution in [0.25, 0.3) is 0 Å². The normalized spacial score (nSPS) is 17.3. The van der Waals surface area contributed by atoms with Gasteiger partial charge in [-0.3, -0.25) is 0 Å². The minimum absolute atomic E-state index is 0.0870. The maximum absolute atomic E-state index is 12.6. The first-order chi connectivity index (χ1) is 11.3. The van der Waals surface area contributed by atoms with E-state index in [1.54, 1.807) is 0 Å². The molecule has 3 rings (SSSR count). The van der Waals surface area contributed by atoms with Crippen LogP contribution >= 0.6 is 0 Å². The lowest BCUT2D eigenvalue weighted by atomic mass is 10.0. The third-order valence-corrected chi connectivity index (χ3v) is 4.62. The van der Waals surface area contributed by atoms with Crippen LogP contribution in [0, 0.1) is 5.21 Å². The van der Waals surface area contributed by atoms with Crippen LogP contribution in [0.2, 0.25) is 0 Å². The van der Waals surface area contributed by atoms with E-state index < -0.39 is 0 Å². The van der Waals surface area contributed by atoms with E-state index in [1.165, 1.54) is 6.42 Å². The second kappa shape index (κ2) is 7.73. The van der Waals surface area contributed by atoms with Crippen LogP contribution < -0.4 is 0 Å². The third-order valence-electron chi connectivity index (χ3n) is 4.62. The molecule has 0 spiro atoms. The van der Waals surface area contributed by atoms with Gasteiger partial charge >= 0.3 is 0 Å². The van der Waals surface area contributed by atoms with Gasteiger partial charge in [-0.05, 0) is 30.4 Å². The van der Waals surface area contributed by atoms with E-state index in [0.717, 1.165) is 37.1 Å². The fourth-order valence-electron chi connectivity index (χ4n) is 3.29. The highest BCUT2D eigenvalue weighted by molar-refractivity contribution is 5.29. The predicted octanol–water partition coefficient (Wildman–Crippen LogP) is 4.29. The van der Waals surface area contributed by atoms with Crippen molar-refractivity contribution in [1.82, 2.24) is 0 Å². The number of benzene rings is 2. The van der Waals surface area contributed by atoms with E-state index in [0.29, 0.717) is 13.2 Å². The molecule has 0 saturated carbocycles. The van der Waals surface area contributed by atoms with Gasteiger partial charge in [-0.25, -0.2) is 0 Å². The smallest absolute Gasteiger partial charge is 0.108 e. The van der Waals surface area contributed by atoms with Crippen molar-refractivity contribution in [1.29, 1.82) is 0 Å². The molecule has 1 aliphatic rings. The molecular weight excluding hydrogens is 286 g/mol. The number of nitrogens with zero attached hydrogens (tertiary/aromatic N) is 1. The molecule has 1 saturated heterocycles. The van der Waals surface area contributed by atoms with Crippen molar-refractivity contribution in [2.24, 2.45) is 0 Å². The molecule has 122 valence electrons. The summed E-state index contributed by atoms with van der Waals surface area (Å²) in [7, 11) is 0. The molecule has 3 nitrogen and oxygen atoms in total. The van der Waals surface area contributed by atoms with Gasteiger partial charge in [-0.2, -0.15) is 0 Å². The molecule has 2 aromatic rings. The first-order valence-electron chi connectivity index (χ1n) is 8.55. The molecule has 3 heteroatoms. The van der Waals surface area contributed by atoms with E-state index in [4.69, 9.17) is 4.74 Å². The predicted molar refractivity (Wildman–Crippen MR) is 92.8 cm³/mol. The fraction of sp³-hybridized carbons (Fsp3) is 0.400. The van der Waals surface area contributed by atoms with Gasteiger partial charge in [-0.1, -0.05) is 60.7 Å². The highest BCUT2D eigenvalue weighted by atomic mass is 16.6. The van der Waals surface area contributed by atoms with E-state index in [9.17, 15) is 5.21 Å². The Kier molecular flexibility index (Phi) is 5.44. The summed E-state index contributed by atoms with van der Waals surface area (Å²) in [6.45, 7) is 2.53. The van der Waals surface area contributed by atoms with Gasteiger partial charge in [0.25, 0.3) is 0 Å². The number of hydroxylamine groups is 3. The Hall–Kier alpha value is -1.68. The zero-order valence-corrected chi connectivity index (χ0v) is 13.6. The molecule has 2 aromatic carbocycles. The van der Waals surface area contributed by atoms with Crippen molar-refractivity contribution in [2.75, 3.05) is 26.2 Å². The molecule has 1 aliphatic heterocycles. The molecule has 0 aliphatic carbocycles. The van der Waals surface area contributed by atoms with E-state index >= 15 is 0 Å². The van der Waals surface area contributed by atoms with Crippen LogP contribution in [-0.2, 0) is 4.74 Å². The van der Waals surface area contributed by atoms with Gasteiger partial charge in [0.2, 0.25) is 0 Å². The van der Waals surface area contributed by atoms with E-state index in [-0.39, 0.29) is 10.8 Å². The van der Waals surface area contributed by atoms with Crippen molar-refractivity contribution in [2.45, 2.75) is 25.4 Å². The Morgan fingerprint density at radius 1 is 0.826 bits per heavy atom. The summed E-state index contributed by atoms with van der Waals surface area (Å²) in [6, 6.07) is 20.5. The van der Waals surface area contributed by atoms with Gasteiger partial charge < -0.3 is 14.6 Å². The van der Waals surface area contributed by atoms with Crippen molar-refractivity contribution < 1.29 is 9.38 Å². The van der Waals surface area contributed by atoms with Crippen molar-refractivity contribution in [3.05, 3.63) is 77.0 Å². The third kappa shape index (κ3) is 4.41. The number of likely N-dealkylation sites (tertiary alicyclic amines) is 1. The summed E-state index contributed by atoms with van der Waals surface area (Å²) in [4.78, 5) is 0. The average Bonchev–Trinajstić information content (AvgIpc) is 2.61. The summed E-state index contributed by atoms with van der Waals surface area (Å²) in [5, 5.41) is 12.6. The second-order valence-corrected chi connectivity index (χ2v) is 6.36. The number of rotatable bonds is 6. The molecular formula is C20H25NO2. The average molecular weight is 311 g/mol. The second-order valence-electron chi connectivity index (χ2n) is 6.36. The topological polar surface area (TPSA) is 32.3 Å². The van der Waals surface area contributed by atoms with Gasteiger partial charge in [0, 0.05) is 0 Å². The van der Waals surface area contributed by atoms with Crippen molar-refractivity contribution >= 4 is 0 Å². The van der Waals surface area contributed by atoms with Crippen LogP contribution in [0.15, 0.2) is 60.7 Å². The number of piperidine rings is 1. The summed E-state index contributed by atoms with van der Waals surface area (Å²) >= 11 is 0. The molecule has 0 N–H and O–H groups in total. The monoisotopic (exact) mass is 311 g/mol. The fourth-order valence-corrected chi connectivity index (χ4v) is 3.29. The number of quaternary nitrogens is 1. The Labute approximate surface area is 138 Å². The Morgan fingerprint density at radius 2 is 1.35 bits per heavy atom. The SMILES string of the molecule is [O-][N+]1(CCOC(c2ccccc2)c2ccccc2)CCCCC1. The minimum atomic E-state index is -0.103. The quantitative estimate of drug-likeness (QED) is 0.589. The van der Waals surface area contributed by atoms with Crippen LogP contribution in [0.4, 0.5) is 0 Å². The van der Waals surface area contributed by atoms with Crippen molar-refractivity contribution in [3.8, 4) is 0 Å². The molecule has 1 fully saturated rings. The molecule has 0 radical (unpaired) electrons. The molecule has 23 heavy (non-hydrogen) atoms. The molecule has 0 atom stereocenters. The van der Waals surface area contributed by atoms with E-state index in [2.05, 4.69) is 24.3 Å². The highest BCUT2D eigenvalue weighted by Crippen LogP contribution is 2.26. The summed E-state index contributed by atoms with van der Waals surface area (Å²) in [5.41, 5.74) is 2.27. The van der Waals surface area contributed by atoms with Crippen LogP contribution in [0.1, 0.15) is 36.5 Å². The van der Waals surface area contributed by atoms with Gasteiger partial charge in [0.1, 0.15) is 12.6 Å². The maximum Gasteiger partial charge on any atom is 0.108 e. The Balaban J connectivity index is 1.67. The molecule has 0 aromatic heterocycles. The van der Waals surface area contributed by atoms with Gasteiger partial charge in [0.15, 0.2) is 0 Å². The zero-order valence-electron chi connectivity index (χ0n) is 13.6. The van der Waals surface area contributed by atoms with Crippen LogP contribution in [-0.4, -0.2) is 30.9 Å². The molecule has 0 amide bonds. The summed E-state index contributed by atoms with van der Waals surface area (Å²) < 4.78 is 6.08. The minimum Gasteiger partial charge on any atom is -0.633 e. The van der Waals surface area contributed by atoms with Gasteiger partial charge in [-0.15, -0.1) is 0 Å². The molecule has 0 bridgehead atoms. The Bertz CT molecular complexity index is 540. The number of ether oxygens (including phenoxy) is 1. The van der Waals surface area contributed by atoms with Crippen LogP contribution in [0.3, 0.4) is 0 Å². The zero-order chi connectivity index (χ0) is 16.0. The lowest BCUT2D eigenvalue weighted by molar-refractivity contribution is -0.885. The Morgan fingerprint density at radius 3 is 1.87 bits per heavy atom. The van der Waals surface area contributed by atoms with Gasteiger partial charge in [0.05, 0.1) is 19.7 Å². The highest BCUT2D eigenvalue weighted by Gasteiger charge is 2.22. The lowest BCUT2D eigenvalue weighted by Crippen LogP contribution is -2.48. The molecule has 1 heterocycles.